The first-order valence-electron chi connectivity index (χ1n) is 9.20. The zero-order valence-electron chi connectivity index (χ0n) is 15.8. The lowest BCUT2D eigenvalue weighted by Gasteiger charge is -2.22. The van der Waals surface area contributed by atoms with Gasteiger partial charge >= 0.3 is 0 Å². The SMILES string of the molecule is Cc1cccc2cc(CN(Cc3ccc(F)cc3)C(=O)c3ccco3)c(=O)[nH]c12. The summed E-state index contributed by atoms with van der Waals surface area (Å²) in [7, 11) is 0. The van der Waals surface area contributed by atoms with Crippen LogP contribution in [0.1, 0.15) is 27.2 Å². The first-order valence-corrected chi connectivity index (χ1v) is 9.20. The number of benzene rings is 2. The Bertz CT molecular complexity index is 1210. The molecule has 1 amide bonds. The van der Waals surface area contributed by atoms with Crippen LogP contribution in [0, 0.1) is 12.7 Å². The van der Waals surface area contributed by atoms with Crippen molar-refractivity contribution in [1.29, 1.82) is 0 Å². The fourth-order valence-electron chi connectivity index (χ4n) is 3.32. The van der Waals surface area contributed by atoms with Gasteiger partial charge < -0.3 is 14.3 Å². The molecule has 5 nitrogen and oxygen atoms in total. The van der Waals surface area contributed by atoms with E-state index in [1.165, 1.54) is 23.3 Å². The molecule has 4 rings (SSSR count). The molecule has 0 aliphatic rings. The molecule has 146 valence electrons. The molecule has 2 aromatic heterocycles. The van der Waals surface area contributed by atoms with E-state index in [0.717, 1.165) is 22.0 Å². The summed E-state index contributed by atoms with van der Waals surface area (Å²) in [5.41, 5.74) is 2.72. The van der Waals surface area contributed by atoms with Crippen molar-refractivity contribution in [2.75, 3.05) is 0 Å². The quantitative estimate of drug-likeness (QED) is 0.549. The van der Waals surface area contributed by atoms with Crippen LogP contribution in [0.4, 0.5) is 4.39 Å². The first kappa shape index (κ1) is 18.7. The van der Waals surface area contributed by atoms with Crippen molar-refractivity contribution in [2.45, 2.75) is 20.0 Å². The Morgan fingerprint density at radius 3 is 2.59 bits per heavy atom. The van der Waals surface area contributed by atoms with Crippen LogP contribution in [-0.2, 0) is 13.1 Å². The van der Waals surface area contributed by atoms with Gasteiger partial charge in [0, 0.05) is 12.1 Å². The number of furan rings is 1. The van der Waals surface area contributed by atoms with Gasteiger partial charge in [0.25, 0.3) is 11.5 Å². The van der Waals surface area contributed by atoms with Gasteiger partial charge in [-0.15, -0.1) is 0 Å². The van der Waals surface area contributed by atoms with E-state index in [9.17, 15) is 14.0 Å². The number of hydrogen-bond acceptors (Lipinski definition) is 3. The van der Waals surface area contributed by atoms with E-state index < -0.39 is 0 Å². The second-order valence-corrected chi connectivity index (χ2v) is 6.93. The van der Waals surface area contributed by atoms with Gasteiger partial charge in [0.1, 0.15) is 5.82 Å². The number of H-pyrrole nitrogens is 1. The maximum atomic E-state index is 13.2. The second-order valence-electron chi connectivity index (χ2n) is 6.93. The Kier molecular flexibility index (Phi) is 4.99. The lowest BCUT2D eigenvalue weighted by Crippen LogP contribution is -2.32. The Hall–Kier alpha value is -3.67. The average molecular weight is 390 g/mol. The number of carbonyl (C=O) groups is 1. The summed E-state index contributed by atoms with van der Waals surface area (Å²) in [6.07, 6.45) is 1.43. The maximum absolute atomic E-state index is 13.2. The van der Waals surface area contributed by atoms with Crippen LogP contribution in [0.25, 0.3) is 10.9 Å². The highest BCUT2D eigenvalue weighted by Gasteiger charge is 2.20. The molecule has 0 bridgehead atoms. The van der Waals surface area contributed by atoms with E-state index in [1.807, 2.05) is 25.1 Å². The molecule has 0 aliphatic carbocycles. The van der Waals surface area contributed by atoms with E-state index >= 15 is 0 Å². The van der Waals surface area contributed by atoms with Crippen LogP contribution in [-0.4, -0.2) is 15.8 Å². The Balaban J connectivity index is 1.70. The smallest absolute Gasteiger partial charge is 0.290 e. The van der Waals surface area contributed by atoms with Crippen molar-refractivity contribution in [3.8, 4) is 0 Å². The molecule has 0 fully saturated rings. The standard InChI is InChI=1S/C23H19FN2O3/c1-15-4-2-5-17-12-18(22(27)25-21(15)17)14-26(23(28)20-6-3-11-29-20)13-16-7-9-19(24)10-8-16/h2-12H,13-14H2,1H3,(H,25,27). The third-order valence-electron chi connectivity index (χ3n) is 4.83. The molecular formula is C23H19FN2O3. The van der Waals surface area contributed by atoms with Gasteiger partial charge in [0.2, 0.25) is 0 Å². The van der Waals surface area contributed by atoms with Gasteiger partial charge in [-0.25, -0.2) is 4.39 Å². The highest BCUT2D eigenvalue weighted by Crippen LogP contribution is 2.18. The number of para-hydroxylation sites is 1. The molecule has 0 unspecified atom stereocenters. The molecule has 6 heteroatoms. The number of aromatic amines is 1. The van der Waals surface area contributed by atoms with E-state index in [-0.39, 0.29) is 36.1 Å². The van der Waals surface area contributed by atoms with Crippen molar-refractivity contribution < 1.29 is 13.6 Å². The summed E-state index contributed by atoms with van der Waals surface area (Å²) in [5.74, 6) is -0.512. The number of nitrogens with one attached hydrogen (secondary N) is 1. The molecule has 0 saturated heterocycles. The zero-order valence-corrected chi connectivity index (χ0v) is 15.8. The number of fused-ring (bicyclic) bond motifs is 1. The lowest BCUT2D eigenvalue weighted by atomic mass is 10.1. The highest BCUT2D eigenvalue weighted by atomic mass is 19.1. The third kappa shape index (κ3) is 3.96. The summed E-state index contributed by atoms with van der Waals surface area (Å²) in [6, 6.07) is 16.7. The summed E-state index contributed by atoms with van der Waals surface area (Å²) in [5, 5.41) is 0.895. The molecule has 0 spiro atoms. The minimum absolute atomic E-state index is 0.0934. The molecule has 0 saturated carbocycles. The topological polar surface area (TPSA) is 66.3 Å². The number of carbonyl (C=O) groups excluding carboxylic acids is 1. The fourth-order valence-corrected chi connectivity index (χ4v) is 3.32. The third-order valence-corrected chi connectivity index (χ3v) is 4.83. The number of amides is 1. The normalized spacial score (nSPS) is 11.0. The number of hydrogen-bond donors (Lipinski definition) is 1. The van der Waals surface area contributed by atoms with E-state index in [4.69, 9.17) is 4.42 Å². The van der Waals surface area contributed by atoms with Crippen LogP contribution in [0.5, 0.6) is 0 Å². The summed E-state index contributed by atoms with van der Waals surface area (Å²) in [4.78, 5) is 30.0. The van der Waals surface area contributed by atoms with Crippen molar-refractivity contribution in [2.24, 2.45) is 0 Å². The number of halogens is 1. The van der Waals surface area contributed by atoms with Gasteiger partial charge in [-0.2, -0.15) is 0 Å². The zero-order chi connectivity index (χ0) is 20.4. The number of rotatable bonds is 5. The molecule has 2 aromatic carbocycles. The molecule has 0 aliphatic heterocycles. The van der Waals surface area contributed by atoms with E-state index in [2.05, 4.69) is 4.98 Å². The molecule has 0 atom stereocenters. The Morgan fingerprint density at radius 2 is 1.86 bits per heavy atom. The highest BCUT2D eigenvalue weighted by molar-refractivity contribution is 5.91. The van der Waals surface area contributed by atoms with Crippen molar-refractivity contribution in [3.05, 3.63) is 106 Å². The van der Waals surface area contributed by atoms with E-state index in [0.29, 0.717) is 5.56 Å². The van der Waals surface area contributed by atoms with Gasteiger partial charge in [-0.05, 0) is 53.8 Å². The second kappa shape index (κ2) is 7.75. The molecule has 29 heavy (non-hydrogen) atoms. The predicted octanol–water partition coefficient (Wildman–Crippen LogP) is 4.41. The molecule has 0 radical (unpaired) electrons. The van der Waals surface area contributed by atoms with Crippen molar-refractivity contribution in [3.63, 3.8) is 0 Å². The van der Waals surface area contributed by atoms with Gasteiger partial charge in [0.15, 0.2) is 5.76 Å². The fraction of sp³-hybridized carbons (Fsp3) is 0.130. The van der Waals surface area contributed by atoms with Crippen molar-refractivity contribution in [1.82, 2.24) is 9.88 Å². The molecular weight excluding hydrogens is 371 g/mol. The largest absolute Gasteiger partial charge is 0.459 e. The van der Waals surface area contributed by atoms with Crippen LogP contribution >= 0.6 is 0 Å². The van der Waals surface area contributed by atoms with Crippen LogP contribution < -0.4 is 5.56 Å². The maximum Gasteiger partial charge on any atom is 0.290 e. The van der Waals surface area contributed by atoms with Gasteiger partial charge in [0.05, 0.1) is 18.3 Å². The minimum Gasteiger partial charge on any atom is -0.459 e. The van der Waals surface area contributed by atoms with Crippen LogP contribution in [0.2, 0.25) is 0 Å². The molecule has 2 heterocycles. The molecule has 4 aromatic rings. The van der Waals surface area contributed by atoms with E-state index in [1.54, 1.807) is 30.3 Å². The Morgan fingerprint density at radius 1 is 1.07 bits per heavy atom. The average Bonchev–Trinajstić information content (AvgIpc) is 3.25. The number of nitrogens with zero attached hydrogens (tertiary/aromatic N) is 1. The summed E-state index contributed by atoms with van der Waals surface area (Å²) < 4.78 is 18.5. The molecule has 1 N–H and O–H groups in total. The van der Waals surface area contributed by atoms with Crippen LogP contribution in [0.3, 0.4) is 0 Å². The lowest BCUT2D eigenvalue weighted by molar-refractivity contribution is 0.0697. The monoisotopic (exact) mass is 390 g/mol. The van der Waals surface area contributed by atoms with Crippen LogP contribution in [0.15, 0.2) is 76.1 Å². The predicted molar refractivity (Wildman–Crippen MR) is 108 cm³/mol. The number of pyridine rings is 1. The Labute approximate surface area is 166 Å². The first-order chi connectivity index (χ1) is 14.0. The van der Waals surface area contributed by atoms with Crippen molar-refractivity contribution >= 4 is 16.8 Å². The van der Waals surface area contributed by atoms with Gasteiger partial charge in [-0.3, -0.25) is 9.59 Å². The number of aromatic nitrogens is 1. The minimum atomic E-state index is -0.348. The summed E-state index contributed by atoms with van der Waals surface area (Å²) >= 11 is 0. The van der Waals surface area contributed by atoms with Gasteiger partial charge in [-0.1, -0.05) is 30.3 Å². The number of aryl methyl sites for hydroxylation is 1. The summed E-state index contributed by atoms with van der Waals surface area (Å²) in [6.45, 7) is 2.24.